The van der Waals surface area contributed by atoms with Crippen LogP contribution in [-0.2, 0) is 4.79 Å². The van der Waals surface area contributed by atoms with Crippen molar-refractivity contribution >= 4 is 5.91 Å². The zero-order valence-electron chi connectivity index (χ0n) is 8.81. The molecule has 0 bridgehead atoms. The monoisotopic (exact) mass is 184 g/mol. The Morgan fingerprint density at radius 3 is 2.46 bits per heavy atom. The highest BCUT2D eigenvalue weighted by Crippen LogP contribution is 1.86. The van der Waals surface area contributed by atoms with Gasteiger partial charge in [-0.05, 0) is 26.8 Å². The van der Waals surface area contributed by atoms with Gasteiger partial charge in [0.1, 0.15) is 0 Å². The summed E-state index contributed by atoms with van der Waals surface area (Å²) in [5, 5.41) is 6.00. The van der Waals surface area contributed by atoms with Crippen molar-refractivity contribution in [1.29, 1.82) is 0 Å². The van der Waals surface area contributed by atoms with Gasteiger partial charge in [-0.3, -0.25) is 4.79 Å². The molecule has 0 aliphatic carbocycles. The van der Waals surface area contributed by atoms with E-state index in [9.17, 15) is 4.79 Å². The van der Waals surface area contributed by atoms with E-state index in [4.69, 9.17) is 0 Å². The lowest BCUT2D eigenvalue weighted by Gasteiger charge is -2.03. The van der Waals surface area contributed by atoms with Gasteiger partial charge in [-0.2, -0.15) is 0 Å². The van der Waals surface area contributed by atoms with Crippen LogP contribution in [0.5, 0.6) is 0 Å². The Hall–Kier alpha value is -0.830. The van der Waals surface area contributed by atoms with Crippen molar-refractivity contribution in [3.8, 4) is 0 Å². The van der Waals surface area contributed by atoms with E-state index in [0.717, 1.165) is 25.1 Å². The van der Waals surface area contributed by atoms with Crippen LogP contribution in [0.1, 0.15) is 27.2 Å². The SMILES string of the molecule is CCCNCCNC(=O)C=C(C)C. The van der Waals surface area contributed by atoms with Crippen LogP contribution in [0.15, 0.2) is 11.6 Å². The van der Waals surface area contributed by atoms with Gasteiger partial charge in [-0.25, -0.2) is 0 Å². The summed E-state index contributed by atoms with van der Waals surface area (Å²) in [6.07, 6.45) is 2.74. The van der Waals surface area contributed by atoms with E-state index in [1.807, 2.05) is 13.8 Å². The number of rotatable bonds is 6. The van der Waals surface area contributed by atoms with Gasteiger partial charge in [0.2, 0.25) is 5.91 Å². The Balaban J connectivity index is 3.33. The van der Waals surface area contributed by atoms with Gasteiger partial charge in [0.25, 0.3) is 0 Å². The van der Waals surface area contributed by atoms with E-state index in [-0.39, 0.29) is 5.91 Å². The second kappa shape index (κ2) is 7.80. The quantitative estimate of drug-likeness (QED) is 0.479. The molecule has 0 spiro atoms. The van der Waals surface area contributed by atoms with Crippen LogP contribution < -0.4 is 10.6 Å². The minimum absolute atomic E-state index is 0.00158. The van der Waals surface area contributed by atoms with E-state index in [0.29, 0.717) is 6.54 Å². The van der Waals surface area contributed by atoms with Crippen LogP contribution in [0, 0.1) is 0 Å². The predicted octanol–water partition coefficient (Wildman–Crippen LogP) is 1.07. The van der Waals surface area contributed by atoms with Crippen molar-refractivity contribution in [2.45, 2.75) is 27.2 Å². The Morgan fingerprint density at radius 2 is 1.92 bits per heavy atom. The summed E-state index contributed by atoms with van der Waals surface area (Å²) in [5.74, 6) is -0.00158. The lowest BCUT2D eigenvalue weighted by molar-refractivity contribution is -0.116. The predicted molar refractivity (Wildman–Crippen MR) is 55.6 cm³/mol. The summed E-state index contributed by atoms with van der Waals surface area (Å²) in [6.45, 7) is 8.50. The van der Waals surface area contributed by atoms with Crippen LogP contribution in [0.3, 0.4) is 0 Å². The fourth-order valence-electron chi connectivity index (χ4n) is 0.889. The lowest BCUT2D eigenvalue weighted by atomic mass is 10.3. The molecule has 0 atom stereocenters. The second-order valence-corrected chi connectivity index (χ2v) is 3.26. The molecule has 0 rings (SSSR count). The lowest BCUT2D eigenvalue weighted by Crippen LogP contribution is -2.31. The molecule has 0 aliphatic rings. The third-order valence-electron chi connectivity index (χ3n) is 1.45. The third kappa shape index (κ3) is 9.08. The Morgan fingerprint density at radius 1 is 1.23 bits per heavy atom. The summed E-state index contributed by atoms with van der Waals surface area (Å²) in [4.78, 5) is 11.1. The van der Waals surface area contributed by atoms with E-state index >= 15 is 0 Å². The van der Waals surface area contributed by atoms with Crippen molar-refractivity contribution in [2.75, 3.05) is 19.6 Å². The van der Waals surface area contributed by atoms with Crippen molar-refractivity contribution in [3.05, 3.63) is 11.6 Å². The first-order chi connectivity index (χ1) is 6.16. The Kier molecular flexibility index (Phi) is 7.30. The van der Waals surface area contributed by atoms with Crippen LogP contribution in [0.4, 0.5) is 0 Å². The number of carbonyl (C=O) groups excluding carboxylic acids is 1. The minimum atomic E-state index is -0.00158. The highest BCUT2D eigenvalue weighted by atomic mass is 16.1. The molecule has 0 radical (unpaired) electrons. The molecule has 0 saturated heterocycles. The molecular weight excluding hydrogens is 164 g/mol. The second-order valence-electron chi connectivity index (χ2n) is 3.26. The van der Waals surface area contributed by atoms with Crippen LogP contribution >= 0.6 is 0 Å². The molecule has 3 heteroatoms. The molecule has 13 heavy (non-hydrogen) atoms. The smallest absolute Gasteiger partial charge is 0.243 e. The van der Waals surface area contributed by atoms with Crippen LogP contribution in [0.2, 0.25) is 0 Å². The number of hydrogen-bond acceptors (Lipinski definition) is 2. The third-order valence-corrected chi connectivity index (χ3v) is 1.45. The van der Waals surface area contributed by atoms with Gasteiger partial charge in [0.15, 0.2) is 0 Å². The van der Waals surface area contributed by atoms with Gasteiger partial charge >= 0.3 is 0 Å². The average Bonchev–Trinajstić information content (AvgIpc) is 2.02. The molecule has 0 heterocycles. The molecule has 3 nitrogen and oxygen atoms in total. The first-order valence-corrected chi connectivity index (χ1v) is 4.80. The molecule has 0 aromatic carbocycles. The zero-order chi connectivity index (χ0) is 10.1. The number of nitrogens with one attached hydrogen (secondary N) is 2. The summed E-state index contributed by atoms with van der Waals surface area (Å²) in [5.41, 5.74) is 1.03. The van der Waals surface area contributed by atoms with Gasteiger partial charge in [0.05, 0.1) is 0 Å². The molecule has 0 saturated carbocycles. The van der Waals surface area contributed by atoms with E-state index < -0.39 is 0 Å². The summed E-state index contributed by atoms with van der Waals surface area (Å²) >= 11 is 0. The van der Waals surface area contributed by atoms with Crippen molar-refractivity contribution in [1.82, 2.24) is 10.6 Å². The maximum absolute atomic E-state index is 11.1. The maximum Gasteiger partial charge on any atom is 0.243 e. The van der Waals surface area contributed by atoms with E-state index in [2.05, 4.69) is 17.6 Å². The number of carbonyl (C=O) groups is 1. The molecular formula is C10H20N2O. The van der Waals surface area contributed by atoms with Crippen LogP contribution in [-0.4, -0.2) is 25.5 Å². The fraction of sp³-hybridized carbons (Fsp3) is 0.700. The molecule has 0 fully saturated rings. The standard InChI is InChI=1S/C10H20N2O/c1-4-5-11-6-7-12-10(13)8-9(2)3/h8,11H,4-7H2,1-3H3,(H,12,13). The maximum atomic E-state index is 11.1. The normalized spacial score (nSPS) is 9.46. The zero-order valence-corrected chi connectivity index (χ0v) is 8.81. The van der Waals surface area contributed by atoms with Gasteiger partial charge < -0.3 is 10.6 Å². The van der Waals surface area contributed by atoms with E-state index in [1.54, 1.807) is 6.08 Å². The molecule has 1 amide bonds. The number of allylic oxidation sites excluding steroid dienone is 1. The highest BCUT2D eigenvalue weighted by molar-refractivity contribution is 5.87. The summed E-state index contributed by atoms with van der Waals surface area (Å²) < 4.78 is 0. The first kappa shape index (κ1) is 12.2. The van der Waals surface area contributed by atoms with Crippen molar-refractivity contribution in [3.63, 3.8) is 0 Å². The average molecular weight is 184 g/mol. The van der Waals surface area contributed by atoms with E-state index in [1.165, 1.54) is 0 Å². The summed E-state index contributed by atoms with van der Waals surface area (Å²) in [6, 6.07) is 0. The van der Waals surface area contributed by atoms with Gasteiger partial charge in [0, 0.05) is 19.2 Å². The fourth-order valence-corrected chi connectivity index (χ4v) is 0.889. The first-order valence-electron chi connectivity index (χ1n) is 4.80. The van der Waals surface area contributed by atoms with Crippen molar-refractivity contribution in [2.24, 2.45) is 0 Å². The Labute approximate surface area is 80.6 Å². The highest BCUT2D eigenvalue weighted by Gasteiger charge is 1.93. The molecule has 0 aromatic heterocycles. The molecule has 0 aromatic rings. The number of amides is 1. The largest absolute Gasteiger partial charge is 0.351 e. The molecule has 2 N–H and O–H groups in total. The molecule has 0 unspecified atom stereocenters. The van der Waals surface area contributed by atoms with Crippen LogP contribution in [0.25, 0.3) is 0 Å². The minimum Gasteiger partial charge on any atom is -0.351 e. The van der Waals surface area contributed by atoms with Crippen molar-refractivity contribution < 1.29 is 4.79 Å². The number of hydrogen-bond donors (Lipinski definition) is 2. The molecule has 0 aliphatic heterocycles. The molecule has 76 valence electrons. The Bertz CT molecular complexity index is 172. The topological polar surface area (TPSA) is 41.1 Å². The van der Waals surface area contributed by atoms with Gasteiger partial charge in [-0.1, -0.05) is 12.5 Å². The summed E-state index contributed by atoms with van der Waals surface area (Å²) in [7, 11) is 0. The van der Waals surface area contributed by atoms with Gasteiger partial charge in [-0.15, -0.1) is 0 Å².